The molecule has 0 amide bonds. The van der Waals surface area contributed by atoms with Gasteiger partial charge in [0.05, 0.1) is 19.8 Å². The highest BCUT2D eigenvalue weighted by molar-refractivity contribution is 5.85. The third-order valence-electron chi connectivity index (χ3n) is 3.81. The van der Waals surface area contributed by atoms with Gasteiger partial charge in [-0.3, -0.25) is 0 Å². The Morgan fingerprint density at radius 3 is 0.879 bits per heavy atom. The molecule has 0 unspecified atom stereocenters. The third-order valence-corrected chi connectivity index (χ3v) is 3.81. The van der Waals surface area contributed by atoms with Crippen LogP contribution in [0.2, 0.25) is 0 Å². The van der Waals surface area contributed by atoms with Crippen molar-refractivity contribution < 1.29 is 45.0 Å². The van der Waals surface area contributed by atoms with Crippen molar-refractivity contribution in [2.45, 2.75) is 34.1 Å². The Labute approximate surface area is 196 Å². The molecule has 11 nitrogen and oxygen atoms in total. The predicted octanol–water partition coefficient (Wildman–Crippen LogP) is 0.480. The SMILES string of the molecule is C1CNCCN1.C=C(C)C(=O)O.C=C(C)C(=O)O.C=C(C)C(=O)O.CCC(CO)(CO)CO. The summed E-state index contributed by atoms with van der Waals surface area (Å²) in [5.41, 5.74) is -0.139. The molecule has 194 valence electrons. The zero-order valence-electron chi connectivity index (χ0n) is 20.2. The zero-order valence-corrected chi connectivity index (χ0v) is 20.2. The molecule has 33 heavy (non-hydrogen) atoms. The normalized spacial score (nSPS) is 11.7. The van der Waals surface area contributed by atoms with E-state index in [-0.39, 0.29) is 36.5 Å². The Morgan fingerprint density at radius 2 is 0.848 bits per heavy atom. The average molecular weight is 479 g/mol. The number of rotatable bonds is 7. The van der Waals surface area contributed by atoms with Crippen molar-refractivity contribution in [3.63, 3.8) is 0 Å². The number of aliphatic hydroxyl groups excluding tert-OH is 3. The fraction of sp³-hybridized carbons (Fsp3) is 0.591. The molecule has 1 fully saturated rings. The summed E-state index contributed by atoms with van der Waals surface area (Å²) >= 11 is 0. The molecule has 11 heteroatoms. The first-order chi connectivity index (χ1) is 15.2. The van der Waals surface area contributed by atoms with Crippen molar-refractivity contribution in [2.24, 2.45) is 5.41 Å². The highest BCUT2D eigenvalue weighted by Gasteiger charge is 2.24. The topological polar surface area (TPSA) is 197 Å². The molecule has 0 radical (unpaired) electrons. The molecule has 1 rings (SSSR count). The highest BCUT2D eigenvalue weighted by atomic mass is 16.4. The van der Waals surface area contributed by atoms with E-state index in [1.165, 1.54) is 20.8 Å². The summed E-state index contributed by atoms with van der Waals surface area (Å²) in [6.45, 7) is 19.7. The molecule has 0 bridgehead atoms. The van der Waals surface area contributed by atoms with E-state index in [1.807, 2.05) is 6.92 Å². The lowest BCUT2D eigenvalue weighted by molar-refractivity contribution is -0.133. The van der Waals surface area contributed by atoms with Gasteiger partial charge in [0.25, 0.3) is 0 Å². The first kappa shape index (κ1) is 37.7. The maximum atomic E-state index is 9.60. The molecule has 0 aliphatic carbocycles. The minimum absolute atomic E-state index is 0.156. The Morgan fingerprint density at radius 1 is 0.667 bits per heavy atom. The van der Waals surface area contributed by atoms with Crippen LogP contribution < -0.4 is 10.6 Å². The van der Waals surface area contributed by atoms with Crippen molar-refractivity contribution in [1.82, 2.24) is 10.6 Å². The van der Waals surface area contributed by atoms with E-state index in [2.05, 4.69) is 30.4 Å². The second kappa shape index (κ2) is 24.1. The van der Waals surface area contributed by atoms with Gasteiger partial charge in [-0.15, -0.1) is 0 Å². The average Bonchev–Trinajstić information content (AvgIpc) is 2.78. The molecule has 0 atom stereocenters. The molecule has 0 aromatic rings. The van der Waals surface area contributed by atoms with Crippen molar-refractivity contribution >= 4 is 17.9 Å². The molecule has 0 aromatic heterocycles. The van der Waals surface area contributed by atoms with Gasteiger partial charge in [-0.2, -0.15) is 0 Å². The predicted molar refractivity (Wildman–Crippen MR) is 127 cm³/mol. The number of aliphatic carboxylic acids is 3. The summed E-state index contributed by atoms with van der Waals surface area (Å²) in [5, 5.41) is 56.1. The third kappa shape index (κ3) is 29.4. The van der Waals surface area contributed by atoms with Gasteiger partial charge in [-0.05, 0) is 27.2 Å². The summed E-state index contributed by atoms with van der Waals surface area (Å²) < 4.78 is 0. The van der Waals surface area contributed by atoms with Crippen LogP contribution in [0.25, 0.3) is 0 Å². The first-order valence-electron chi connectivity index (χ1n) is 10.1. The van der Waals surface area contributed by atoms with Crippen LogP contribution >= 0.6 is 0 Å². The number of carboxylic acid groups (broad SMARTS) is 3. The molecule has 1 aliphatic heterocycles. The van der Waals surface area contributed by atoms with Crippen LogP contribution in [0.1, 0.15) is 34.1 Å². The molecule has 1 heterocycles. The minimum atomic E-state index is -0.935. The lowest BCUT2D eigenvalue weighted by atomic mass is 9.88. The number of carboxylic acids is 3. The van der Waals surface area contributed by atoms with Crippen LogP contribution in [0.4, 0.5) is 0 Å². The Balaban J connectivity index is -0.000000161. The van der Waals surface area contributed by atoms with E-state index in [4.69, 9.17) is 30.6 Å². The van der Waals surface area contributed by atoms with Crippen LogP contribution in [0.5, 0.6) is 0 Å². The summed E-state index contributed by atoms with van der Waals surface area (Å²) in [6, 6.07) is 0. The van der Waals surface area contributed by atoms with E-state index < -0.39 is 23.3 Å². The van der Waals surface area contributed by atoms with Gasteiger partial charge in [-0.25, -0.2) is 14.4 Å². The summed E-state index contributed by atoms with van der Waals surface area (Å²) in [4.78, 5) is 28.8. The van der Waals surface area contributed by atoms with Gasteiger partial charge in [0.2, 0.25) is 0 Å². The molecule has 0 aromatic carbocycles. The van der Waals surface area contributed by atoms with Gasteiger partial charge in [-0.1, -0.05) is 26.7 Å². The lowest BCUT2D eigenvalue weighted by Crippen LogP contribution is -2.39. The molecule has 8 N–H and O–H groups in total. The first-order valence-corrected chi connectivity index (χ1v) is 10.1. The smallest absolute Gasteiger partial charge is 0.330 e. The van der Waals surface area contributed by atoms with E-state index in [0.717, 1.165) is 26.2 Å². The minimum Gasteiger partial charge on any atom is -0.478 e. The van der Waals surface area contributed by atoms with E-state index in [9.17, 15) is 14.4 Å². The lowest BCUT2D eigenvalue weighted by Gasteiger charge is -2.24. The van der Waals surface area contributed by atoms with Crippen molar-refractivity contribution in [2.75, 3.05) is 46.0 Å². The second-order valence-electron chi connectivity index (χ2n) is 7.08. The highest BCUT2D eigenvalue weighted by Crippen LogP contribution is 2.18. The number of carbonyl (C=O) groups is 3. The monoisotopic (exact) mass is 478 g/mol. The van der Waals surface area contributed by atoms with E-state index in [0.29, 0.717) is 6.42 Å². The van der Waals surface area contributed by atoms with Gasteiger partial charge in [0, 0.05) is 48.3 Å². The standard InChI is InChI=1S/C6H14O3.C4H10N2.3C4H6O2/c1-2-6(3-7,4-8)5-9;1-2-6-4-3-5-1;3*1-3(2)4(5)6/h7-9H,2-5H2,1H3;5-6H,1-4H2;3*1H2,2H3,(H,5,6). The van der Waals surface area contributed by atoms with E-state index in [1.54, 1.807) is 0 Å². The van der Waals surface area contributed by atoms with Crippen molar-refractivity contribution in [3.05, 3.63) is 36.5 Å². The van der Waals surface area contributed by atoms with Crippen LogP contribution in [0, 0.1) is 5.41 Å². The maximum Gasteiger partial charge on any atom is 0.330 e. The molecular formula is C22H42N2O9. The van der Waals surface area contributed by atoms with Crippen molar-refractivity contribution in [3.8, 4) is 0 Å². The number of hydrogen-bond acceptors (Lipinski definition) is 8. The Bertz CT molecular complexity index is 475. The maximum absolute atomic E-state index is 9.60. The zero-order chi connectivity index (χ0) is 27.0. The van der Waals surface area contributed by atoms with E-state index >= 15 is 0 Å². The van der Waals surface area contributed by atoms with Crippen molar-refractivity contribution in [1.29, 1.82) is 0 Å². The van der Waals surface area contributed by atoms with Gasteiger partial charge >= 0.3 is 17.9 Å². The number of aliphatic hydroxyl groups is 3. The Hall–Kier alpha value is -2.57. The number of nitrogens with one attached hydrogen (secondary N) is 2. The second-order valence-corrected chi connectivity index (χ2v) is 7.08. The Kier molecular flexibility index (Phi) is 27.5. The summed E-state index contributed by atoms with van der Waals surface area (Å²) in [7, 11) is 0. The quantitative estimate of drug-likeness (QED) is 0.237. The number of piperazine rings is 1. The van der Waals surface area contributed by atoms with Crippen LogP contribution in [-0.4, -0.2) is 94.5 Å². The van der Waals surface area contributed by atoms with Gasteiger partial charge in [0.15, 0.2) is 0 Å². The fourth-order valence-electron chi connectivity index (χ4n) is 1.09. The molecule has 1 saturated heterocycles. The number of hydrogen-bond donors (Lipinski definition) is 8. The van der Waals surface area contributed by atoms with Gasteiger partial charge < -0.3 is 41.3 Å². The molecular weight excluding hydrogens is 436 g/mol. The largest absolute Gasteiger partial charge is 0.478 e. The molecule has 0 saturated carbocycles. The molecule has 1 aliphatic rings. The molecule has 0 spiro atoms. The van der Waals surface area contributed by atoms with Crippen LogP contribution in [0.15, 0.2) is 36.5 Å². The summed E-state index contributed by atoms with van der Waals surface area (Å²) in [6.07, 6.45) is 0.594. The van der Waals surface area contributed by atoms with Crippen LogP contribution in [0.3, 0.4) is 0 Å². The van der Waals surface area contributed by atoms with Crippen LogP contribution in [-0.2, 0) is 14.4 Å². The fourth-order valence-corrected chi connectivity index (χ4v) is 1.09. The van der Waals surface area contributed by atoms with Gasteiger partial charge in [0.1, 0.15) is 0 Å². The summed E-state index contributed by atoms with van der Waals surface area (Å²) in [5.74, 6) is -2.81.